The molecule has 2 aliphatic rings. The molecule has 2 aromatic rings. The fraction of sp³-hybridized carbons (Fsp3) is 0.444. The number of pyridine rings is 1. The number of alkyl halides is 2. The number of nitrogens with one attached hydrogen (secondary N) is 1. The Morgan fingerprint density at radius 3 is 2.75 bits per heavy atom. The van der Waals surface area contributed by atoms with E-state index in [0.717, 1.165) is 19.0 Å². The number of nitrogens with zero attached hydrogens (tertiary/aromatic N) is 4. The Hall–Kier alpha value is -2.55. The number of rotatable bonds is 6. The third kappa shape index (κ3) is 4.10. The second-order valence-corrected chi connectivity index (χ2v) is 10.7. The van der Waals surface area contributed by atoms with E-state index < -0.39 is 34.1 Å². The summed E-state index contributed by atoms with van der Waals surface area (Å²) in [6.45, 7) is -1.22. The summed E-state index contributed by atoms with van der Waals surface area (Å²) in [5.41, 5.74) is 4.89. The number of amides is 1. The number of nitrogens with two attached hydrogens (primary N) is 1. The number of halogens is 2. The highest BCUT2D eigenvalue weighted by Gasteiger charge is 2.57. The van der Waals surface area contributed by atoms with Crippen LogP contribution in [0.5, 0.6) is 5.75 Å². The Bertz CT molecular complexity index is 1050. The number of carbonyl (C=O) groups is 1. The van der Waals surface area contributed by atoms with Crippen LogP contribution in [0.15, 0.2) is 28.7 Å². The first-order chi connectivity index (χ1) is 15.0. The summed E-state index contributed by atoms with van der Waals surface area (Å²) in [5.74, 6) is -0.456. The molecule has 14 heteroatoms. The van der Waals surface area contributed by atoms with E-state index in [9.17, 15) is 22.7 Å². The molecule has 1 saturated carbocycles. The molecule has 3 heterocycles. The molecule has 174 valence electrons. The van der Waals surface area contributed by atoms with Gasteiger partial charge in [0.25, 0.3) is 5.91 Å². The first-order valence-electron chi connectivity index (χ1n) is 9.57. The minimum atomic E-state index is -3.23. The maximum absolute atomic E-state index is 12.5. The fourth-order valence-corrected chi connectivity index (χ4v) is 6.90. The van der Waals surface area contributed by atoms with Crippen molar-refractivity contribution in [2.75, 3.05) is 12.4 Å². The van der Waals surface area contributed by atoms with E-state index in [1.165, 1.54) is 34.8 Å². The zero-order valence-electron chi connectivity index (χ0n) is 17.1. The summed E-state index contributed by atoms with van der Waals surface area (Å²) in [4.78, 5) is 25.3. The molecule has 0 radical (unpaired) electrons. The van der Waals surface area contributed by atoms with Crippen LogP contribution in [-0.2, 0) is 5.54 Å². The standard InChI is InChI=1S/C18H22F2N6O4S2/c1-18(13(9-3-4-9)32(28,29)26(2)17(21)25-18)15-24-12(8-31-15)23-14(27)11-6-5-10(7-22-11)30-16(19)20/h5-9,13,16,28-29H,3-4H2,1-2H3,(H2,21,25)(H,23,27)/t13-,18-/m0/s1. The van der Waals surface area contributed by atoms with Gasteiger partial charge in [-0.3, -0.25) is 13.9 Å². The van der Waals surface area contributed by atoms with Gasteiger partial charge in [-0.05, 0) is 37.8 Å². The predicted octanol–water partition coefficient (Wildman–Crippen LogP) is 3.31. The van der Waals surface area contributed by atoms with Gasteiger partial charge in [0.15, 0.2) is 0 Å². The summed E-state index contributed by atoms with van der Waals surface area (Å²) < 4.78 is 51.7. The lowest BCUT2D eigenvalue weighted by Gasteiger charge is -2.54. The van der Waals surface area contributed by atoms with E-state index in [1.54, 1.807) is 12.3 Å². The zero-order valence-corrected chi connectivity index (χ0v) is 18.7. The van der Waals surface area contributed by atoms with Crippen molar-refractivity contribution in [1.29, 1.82) is 0 Å². The molecule has 2 atom stereocenters. The van der Waals surface area contributed by atoms with Gasteiger partial charge < -0.3 is 15.8 Å². The van der Waals surface area contributed by atoms with Crippen molar-refractivity contribution >= 4 is 39.8 Å². The number of hydrogen-bond donors (Lipinski definition) is 4. The molecule has 1 aliphatic carbocycles. The average Bonchev–Trinajstić information content (AvgIpc) is 3.41. The maximum atomic E-state index is 12.5. The molecule has 4 rings (SSSR count). The number of anilines is 1. The normalized spacial score (nSPS) is 25.9. The number of hydrogen-bond acceptors (Lipinski definition) is 10. The van der Waals surface area contributed by atoms with Crippen LogP contribution < -0.4 is 15.8 Å². The molecular formula is C18H22F2N6O4S2. The molecule has 0 unspecified atom stereocenters. The monoisotopic (exact) mass is 488 g/mol. The lowest BCUT2D eigenvalue weighted by Crippen LogP contribution is -2.54. The van der Waals surface area contributed by atoms with Crippen molar-refractivity contribution < 1.29 is 27.4 Å². The van der Waals surface area contributed by atoms with Crippen LogP contribution in [-0.4, -0.2) is 54.2 Å². The quantitative estimate of drug-likeness (QED) is 0.484. The number of guanidine groups is 1. The molecular weight excluding hydrogens is 466 g/mol. The number of thiazole rings is 1. The van der Waals surface area contributed by atoms with Crippen LogP contribution in [0.4, 0.5) is 14.6 Å². The minimum Gasteiger partial charge on any atom is -0.433 e. The third-order valence-corrected chi connectivity index (χ3v) is 8.98. The summed E-state index contributed by atoms with van der Waals surface area (Å²) in [5, 5.41) is 4.09. The number of carbonyl (C=O) groups excluding carboxylic acids is 1. The van der Waals surface area contributed by atoms with Gasteiger partial charge in [0, 0.05) is 12.4 Å². The van der Waals surface area contributed by atoms with Gasteiger partial charge in [0.05, 0.1) is 6.20 Å². The van der Waals surface area contributed by atoms with E-state index in [2.05, 4.69) is 25.0 Å². The molecule has 32 heavy (non-hydrogen) atoms. The lowest BCUT2D eigenvalue weighted by molar-refractivity contribution is -0.0500. The summed E-state index contributed by atoms with van der Waals surface area (Å²) in [7, 11) is -1.73. The van der Waals surface area contributed by atoms with E-state index >= 15 is 0 Å². The van der Waals surface area contributed by atoms with Gasteiger partial charge >= 0.3 is 6.61 Å². The molecule has 5 N–H and O–H groups in total. The van der Waals surface area contributed by atoms with E-state index in [-0.39, 0.29) is 29.1 Å². The molecule has 0 aromatic carbocycles. The second-order valence-electron chi connectivity index (χ2n) is 7.68. The van der Waals surface area contributed by atoms with Crippen molar-refractivity contribution in [3.63, 3.8) is 0 Å². The van der Waals surface area contributed by atoms with Gasteiger partial charge in [-0.25, -0.2) is 19.3 Å². The maximum Gasteiger partial charge on any atom is 0.387 e. The molecule has 0 spiro atoms. The van der Waals surface area contributed by atoms with Gasteiger partial charge in [-0.1, -0.05) is 0 Å². The summed E-state index contributed by atoms with van der Waals surface area (Å²) in [6.07, 6.45) is 2.73. The fourth-order valence-electron chi connectivity index (χ4n) is 3.70. The van der Waals surface area contributed by atoms with Gasteiger partial charge in [-0.15, -0.1) is 22.1 Å². The highest BCUT2D eigenvalue weighted by molar-refractivity contribution is 8.23. The molecule has 1 aliphatic heterocycles. The Morgan fingerprint density at radius 1 is 1.44 bits per heavy atom. The van der Waals surface area contributed by atoms with Crippen molar-refractivity contribution in [2.24, 2.45) is 16.6 Å². The van der Waals surface area contributed by atoms with Gasteiger partial charge in [0.2, 0.25) is 5.96 Å². The average molecular weight is 489 g/mol. The molecule has 0 saturated heterocycles. The molecule has 2 aromatic heterocycles. The Kier molecular flexibility index (Phi) is 5.73. The number of ether oxygens (including phenoxy) is 1. The topological polar surface area (TPSA) is 146 Å². The summed E-state index contributed by atoms with van der Waals surface area (Å²) in [6, 6.07) is 2.46. The van der Waals surface area contributed by atoms with Crippen molar-refractivity contribution in [2.45, 2.75) is 37.2 Å². The smallest absolute Gasteiger partial charge is 0.387 e. The zero-order chi connectivity index (χ0) is 23.3. The van der Waals surface area contributed by atoms with Crippen molar-refractivity contribution in [3.05, 3.63) is 34.4 Å². The molecule has 1 fully saturated rings. The second kappa shape index (κ2) is 8.10. The molecule has 0 bridgehead atoms. The Morgan fingerprint density at radius 2 is 2.16 bits per heavy atom. The highest BCUT2D eigenvalue weighted by atomic mass is 32.3. The third-order valence-electron chi connectivity index (χ3n) is 5.39. The first-order valence-corrected chi connectivity index (χ1v) is 12.0. The van der Waals surface area contributed by atoms with Crippen LogP contribution in [0.2, 0.25) is 0 Å². The van der Waals surface area contributed by atoms with Crippen molar-refractivity contribution in [3.8, 4) is 5.75 Å². The summed E-state index contributed by atoms with van der Waals surface area (Å²) >= 11 is 1.21. The number of aliphatic imine (C=N–C) groups is 1. The van der Waals surface area contributed by atoms with E-state index in [4.69, 9.17) is 5.73 Å². The SMILES string of the molecule is CN1C(N)=N[C@](C)(c2nc(NC(=O)c3ccc(OC(F)F)cn3)cs2)[C@H](C2CC2)S1(O)O. The van der Waals surface area contributed by atoms with E-state index in [0.29, 0.717) is 5.01 Å². The molecule has 10 nitrogen and oxygen atoms in total. The van der Waals surface area contributed by atoms with Crippen molar-refractivity contribution in [1.82, 2.24) is 14.3 Å². The van der Waals surface area contributed by atoms with Gasteiger partial charge in [-0.2, -0.15) is 8.78 Å². The largest absolute Gasteiger partial charge is 0.433 e. The lowest BCUT2D eigenvalue weighted by atomic mass is 9.95. The predicted molar refractivity (Wildman–Crippen MR) is 117 cm³/mol. The van der Waals surface area contributed by atoms with Crippen LogP contribution in [0.25, 0.3) is 0 Å². The Balaban J connectivity index is 1.56. The van der Waals surface area contributed by atoms with Crippen LogP contribution in [0, 0.1) is 5.92 Å². The highest BCUT2D eigenvalue weighted by Crippen LogP contribution is 2.64. The minimum absolute atomic E-state index is 0.000455. The van der Waals surface area contributed by atoms with E-state index in [1.807, 2.05) is 0 Å². The first kappa shape index (κ1) is 22.6. The van der Waals surface area contributed by atoms with Crippen LogP contribution in [0.1, 0.15) is 35.3 Å². The van der Waals surface area contributed by atoms with Crippen LogP contribution >= 0.6 is 22.1 Å². The number of aromatic nitrogens is 2. The Labute approximate surface area is 188 Å². The van der Waals surface area contributed by atoms with Gasteiger partial charge in [0.1, 0.15) is 33.1 Å². The molecule has 1 amide bonds. The van der Waals surface area contributed by atoms with Crippen LogP contribution in [0.3, 0.4) is 0 Å².